The minimum absolute atomic E-state index is 0.213. The van der Waals surface area contributed by atoms with E-state index in [1.165, 1.54) is 10.5 Å². The number of rotatable bonds is 4. The summed E-state index contributed by atoms with van der Waals surface area (Å²) in [4.78, 5) is 6.38. The van der Waals surface area contributed by atoms with Crippen LogP contribution in [0.25, 0.3) is 0 Å². The monoisotopic (exact) mass is 410 g/mol. The summed E-state index contributed by atoms with van der Waals surface area (Å²) < 4.78 is 28.3. The Kier molecular flexibility index (Phi) is 5.07. The van der Waals surface area contributed by atoms with Crippen LogP contribution >= 0.6 is 15.9 Å². The predicted octanol–water partition coefficient (Wildman–Crippen LogP) is 2.08. The molecule has 3 rings (SSSR count). The summed E-state index contributed by atoms with van der Waals surface area (Å²) in [6.45, 7) is 3.14. The molecule has 24 heavy (non-hydrogen) atoms. The minimum atomic E-state index is -3.72. The second kappa shape index (κ2) is 7.08. The van der Waals surface area contributed by atoms with E-state index in [0.717, 1.165) is 26.2 Å². The number of para-hydroxylation sites is 1. The smallest absolute Gasteiger partial charge is 0.267 e. The largest absolute Gasteiger partial charge is 0.367 e. The molecule has 8 heteroatoms. The minimum Gasteiger partial charge on any atom is -0.367 e. The second-order valence-electron chi connectivity index (χ2n) is 5.51. The van der Waals surface area contributed by atoms with Crippen molar-refractivity contribution >= 4 is 37.3 Å². The Bertz CT molecular complexity index is 808. The molecule has 1 aliphatic heterocycles. The van der Waals surface area contributed by atoms with Crippen molar-refractivity contribution in [3.05, 3.63) is 47.2 Å². The Labute approximate surface area is 150 Å². The van der Waals surface area contributed by atoms with Gasteiger partial charge in [0, 0.05) is 45.6 Å². The van der Waals surface area contributed by atoms with Crippen molar-refractivity contribution < 1.29 is 8.42 Å². The Hall–Kier alpha value is -1.64. The number of anilines is 2. The molecule has 1 aromatic heterocycles. The number of piperazine rings is 1. The normalized spacial score (nSPS) is 15.3. The SMILES string of the molecule is CN(c1ccccc1)S(=O)(=O)c1cncc(Br)c1N1CCNCC1. The van der Waals surface area contributed by atoms with E-state index in [-0.39, 0.29) is 4.90 Å². The Morgan fingerprint density at radius 3 is 2.50 bits per heavy atom. The first-order valence-electron chi connectivity index (χ1n) is 7.65. The standard InChI is InChI=1S/C16H19BrN4O2S/c1-20(13-5-3-2-4-6-13)24(22,23)15-12-19-11-14(17)16(15)21-9-7-18-8-10-21/h2-6,11-12,18H,7-10H2,1H3. The molecule has 0 saturated carbocycles. The molecule has 1 aromatic carbocycles. The van der Waals surface area contributed by atoms with Crippen molar-refractivity contribution in [1.29, 1.82) is 0 Å². The van der Waals surface area contributed by atoms with Crippen molar-refractivity contribution in [2.75, 3.05) is 42.4 Å². The highest BCUT2D eigenvalue weighted by atomic mass is 79.9. The Morgan fingerprint density at radius 1 is 1.17 bits per heavy atom. The zero-order valence-corrected chi connectivity index (χ0v) is 15.7. The highest BCUT2D eigenvalue weighted by Gasteiger charge is 2.29. The summed E-state index contributed by atoms with van der Waals surface area (Å²) in [7, 11) is -2.15. The van der Waals surface area contributed by atoms with E-state index >= 15 is 0 Å². The van der Waals surface area contributed by atoms with Crippen molar-refractivity contribution in [1.82, 2.24) is 10.3 Å². The van der Waals surface area contributed by atoms with Gasteiger partial charge in [0.1, 0.15) is 4.90 Å². The lowest BCUT2D eigenvalue weighted by Crippen LogP contribution is -2.44. The van der Waals surface area contributed by atoms with Gasteiger partial charge in [-0.05, 0) is 28.1 Å². The quantitative estimate of drug-likeness (QED) is 0.835. The van der Waals surface area contributed by atoms with Crippen LogP contribution in [-0.4, -0.2) is 46.6 Å². The molecule has 0 amide bonds. The number of aromatic nitrogens is 1. The molecule has 1 fully saturated rings. The van der Waals surface area contributed by atoms with Crippen LogP contribution < -0.4 is 14.5 Å². The Morgan fingerprint density at radius 2 is 1.83 bits per heavy atom. The van der Waals surface area contributed by atoms with Gasteiger partial charge in [0.05, 0.1) is 15.8 Å². The first-order chi connectivity index (χ1) is 11.5. The van der Waals surface area contributed by atoms with Gasteiger partial charge in [-0.1, -0.05) is 18.2 Å². The molecule has 0 atom stereocenters. The summed E-state index contributed by atoms with van der Waals surface area (Å²) in [6, 6.07) is 9.03. The average Bonchev–Trinajstić information content (AvgIpc) is 2.62. The van der Waals surface area contributed by atoms with E-state index in [0.29, 0.717) is 15.8 Å². The van der Waals surface area contributed by atoms with Crippen LogP contribution in [0.2, 0.25) is 0 Å². The first-order valence-corrected chi connectivity index (χ1v) is 9.88. The lowest BCUT2D eigenvalue weighted by atomic mass is 10.3. The molecule has 1 N–H and O–H groups in total. The van der Waals surface area contributed by atoms with Gasteiger partial charge in [-0.3, -0.25) is 9.29 Å². The van der Waals surface area contributed by atoms with Gasteiger partial charge in [0.15, 0.2) is 0 Å². The molecule has 0 aliphatic carbocycles. The summed E-state index contributed by atoms with van der Waals surface area (Å²) in [6.07, 6.45) is 3.07. The lowest BCUT2D eigenvalue weighted by Gasteiger charge is -2.32. The number of hydrogen-bond acceptors (Lipinski definition) is 5. The van der Waals surface area contributed by atoms with Crippen LogP contribution in [0.3, 0.4) is 0 Å². The maximum atomic E-state index is 13.2. The fourth-order valence-electron chi connectivity index (χ4n) is 2.72. The van der Waals surface area contributed by atoms with Gasteiger partial charge in [0.2, 0.25) is 0 Å². The summed E-state index contributed by atoms with van der Waals surface area (Å²) in [5.41, 5.74) is 1.29. The third kappa shape index (κ3) is 3.26. The molecule has 128 valence electrons. The number of halogens is 1. The number of pyridine rings is 1. The molecule has 1 saturated heterocycles. The lowest BCUT2D eigenvalue weighted by molar-refractivity contribution is 0.578. The van der Waals surface area contributed by atoms with E-state index in [9.17, 15) is 8.42 Å². The van der Waals surface area contributed by atoms with Gasteiger partial charge in [0.25, 0.3) is 10.0 Å². The molecule has 1 aliphatic rings. The number of nitrogens with one attached hydrogen (secondary N) is 1. The van der Waals surface area contributed by atoms with Crippen LogP contribution in [0.4, 0.5) is 11.4 Å². The molecule has 0 bridgehead atoms. The zero-order valence-electron chi connectivity index (χ0n) is 13.3. The van der Waals surface area contributed by atoms with Crippen LogP contribution in [-0.2, 0) is 10.0 Å². The molecular weight excluding hydrogens is 392 g/mol. The van der Waals surface area contributed by atoms with Crippen molar-refractivity contribution in [2.45, 2.75) is 4.90 Å². The fraction of sp³-hybridized carbons (Fsp3) is 0.312. The third-order valence-corrected chi connectivity index (χ3v) is 6.40. The average molecular weight is 411 g/mol. The molecule has 0 spiro atoms. The van der Waals surface area contributed by atoms with E-state index < -0.39 is 10.0 Å². The summed E-state index contributed by atoms with van der Waals surface area (Å²) in [5, 5.41) is 3.28. The van der Waals surface area contributed by atoms with Gasteiger partial charge in [-0.15, -0.1) is 0 Å². The predicted molar refractivity (Wildman–Crippen MR) is 99.1 cm³/mol. The number of nitrogens with zero attached hydrogens (tertiary/aromatic N) is 3. The van der Waals surface area contributed by atoms with Crippen molar-refractivity contribution in [2.24, 2.45) is 0 Å². The maximum absolute atomic E-state index is 13.2. The molecule has 2 aromatic rings. The highest BCUT2D eigenvalue weighted by Crippen LogP contribution is 2.35. The molecular formula is C16H19BrN4O2S. The van der Waals surface area contributed by atoms with Gasteiger partial charge >= 0.3 is 0 Å². The van der Waals surface area contributed by atoms with E-state index in [1.807, 2.05) is 18.2 Å². The van der Waals surface area contributed by atoms with Crippen LogP contribution in [0, 0.1) is 0 Å². The first kappa shape index (κ1) is 17.2. The molecule has 2 heterocycles. The summed E-state index contributed by atoms with van der Waals surface area (Å²) >= 11 is 3.47. The van der Waals surface area contributed by atoms with E-state index in [2.05, 4.69) is 31.1 Å². The number of sulfonamides is 1. The van der Waals surface area contributed by atoms with Crippen LogP contribution in [0.1, 0.15) is 0 Å². The van der Waals surface area contributed by atoms with Crippen LogP contribution in [0.15, 0.2) is 52.1 Å². The summed E-state index contributed by atoms with van der Waals surface area (Å²) in [5.74, 6) is 0. The zero-order chi connectivity index (χ0) is 17.2. The van der Waals surface area contributed by atoms with E-state index in [1.54, 1.807) is 25.4 Å². The third-order valence-electron chi connectivity index (χ3n) is 4.03. The van der Waals surface area contributed by atoms with Gasteiger partial charge in [-0.2, -0.15) is 0 Å². The topological polar surface area (TPSA) is 65.5 Å². The molecule has 0 radical (unpaired) electrons. The Balaban J connectivity index is 2.06. The van der Waals surface area contributed by atoms with Gasteiger partial charge < -0.3 is 10.2 Å². The van der Waals surface area contributed by atoms with E-state index in [4.69, 9.17) is 0 Å². The van der Waals surface area contributed by atoms with Crippen LogP contribution in [0.5, 0.6) is 0 Å². The second-order valence-corrected chi connectivity index (χ2v) is 8.31. The highest BCUT2D eigenvalue weighted by molar-refractivity contribution is 9.10. The van der Waals surface area contributed by atoms with Crippen molar-refractivity contribution in [3.8, 4) is 0 Å². The molecule has 6 nitrogen and oxygen atoms in total. The maximum Gasteiger partial charge on any atom is 0.267 e. The number of hydrogen-bond donors (Lipinski definition) is 1. The van der Waals surface area contributed by atoms with Crippen molar-refractivity contribution in [3.63, 3.8) is 0 Å². The van der Waals surface area contributed by atoms with Gasteiger partial charge in [-0.25, -0.2) is 8.42 Å². The molecule has 0 unspecified atom stereocenters. The fourth-order valence-corrected chi connectivity index (χ4v) is 4.80. The number of benzene rings is 1.